The molecule has 2 aliphatic rings. The molecule has 1 aliphatic heterocycles. The minimum absolute atomic E-state index is 0.0374. The van der Waals surface area contributed by atoms with Crippen LogP contribution < -0.4 is 10.1 Å². The van der Waals surface area contributed by atoms with Crippen molar-refractivity contribution in [2.75, 3.05) is 6.54 Å². The van der Waals surface area contributed by atoms with Gasteiger partial charge in [0.2, 0.25) is 5.91 Å². The number of hydrogen-bond acceptors (Lipinski definition) is 3. The quantitative estimate of drug-likeness (QED) is 0.735. The van der Waals surface area contributed by atoms with Gasteiger partial charge in [-0.3, -0.25) is 4.79 Å². The molecule has 0 saturated carbocycles. The van der Waals surface area contributed by atoms with Crippen LogP contribution in [0.3, 0.4) is 0 Å². The Labute approximate surface area is 153 Å². The number of carbonyl (C=O) groups excluding carboxylic acids is 1. The Hall–Kier alpha value is -2.43. The van der Waals surface area contributed by atoms with E-state index in [1.165, 1.54) is 12.5 Å². The van der Waals surface area contributed by atoms with E-state index in [9.17, 15) is 9.90 Å². The summed E-state index contributed by atoms with van der Waals surface area (Å²) >= 11 is 0. The third-order valence-corrected chi connectivity index (χ3v) is 5.85. The highest BCUT2D eigenvalue weighted by Gasteiger charge is 2.47. The molecule has 0 bridgehead atoms. The standard InChI is InChI=1S/C21H26N2O3/c1-11-7-15-16(8-11)21(3,4)26-17-9-14-13(5-6-22-12(2)24)10-23-19(14)20(25)18(15)17/h7,9-10,15-16,23,25H,5-6,8H2,1-4H3,(H,22,24). The van der Waals surface area contributed by atoms with Crippen LogP contribution in [0.2, 0.25) is 0 Å². The summed E-state index contributed by atoms with van der Waals surface area (Å²) in [6.45, 7) is 8.50. The Balaban J connectivity index is 1.79. The molecule has 138 valence electrons. The van der Waals surface area contributed by atoms with Gasteiger partial charge in [-0.1, -0.05) is 11.6 Å². The predicted molar refractivity (Wildman–Crippen MR) is 102 cm³/mol. The zero-order valence-electron chi connectivity index (χ0n) is 15.8. The topological polar surface area (TPSA) is 74.4 Å². The maximum Gasteiger partial charge on any atom is 0.216 e. The first-order valence-electron chi connectivity index (χ1n) is 9.24. The maximum absolute atomic E-state index is 11.1. The van der Waals surface area contributed by atoms with Crippen LogP contribution in [0, 0.1) is 5.92 Å². The van der Waals surface area contributed by atoms with Gasteiger partial charge in [-0.2, -0.15) is 0 Å². The SMILES string of the molecule is CC(=O)NCCc1c[nH]c2c(O)c3c(cc12)OC(C)(C)C1CC(C)=CC31. The highest BCUT2D eigenvalue weighted by molar-refractivity contribution is 5.92. The van der Waals surface area contributed by atoms with Crippen LogP contribution in [0.4, 0.5) is 0 Å². The fourth-order valence-electron chi connectivity index (χ4n) is 4.57. The van der Waals surface area contributed by atoms with Crippen molar-refractivity contribution in [3.8, 4) is 11.5 Å². The lowest BCUT2D eigenvalue weighted by molar-refractivity contribution is -0.118. The lowest BCUT2D eigenvalue weighted by atomic mass is 9.75. The number of nitrogens with one attached hydrogen (secondary N) is 2. The summed E-state index contributed by atoms with van der Waals surface area (Å²) in [7, 11) is 0. The third-order valence-electron chi connectivity index (χ3n) is 5.85. The number of aromatic amines is 1. The molecule has 3 N–H and O–H groups in total. The van der Waals surface area contributed by atoms with E-state index >= 15 is 0 Å². The number of aromatic nitrogens is 1. The van der Waals surface area contributed by atoms with Crippen LogP contribution in [0.1, 0.15) is 51.2 Å². The first-order valence-corrected chi connectivity index (χ1v) is 9.24. The van der Waals surface area contributed by atoms with Crippen molar-refractivity contribution in [3.05, 3.63) is 35.0 Å². The molecule has 0 saturated heterocycles. The average molecular weight is 354 g/mol. The van der Waals surface area contributed by atoms with Crippen molar-refractivity contribution in [1.29, 1.82) is 0 Å². The largest absolute Gasteiger partial charge is 0.505 e. The molecule has 4 rings (SSSR count). The van der Waals surface area contributed by atoms with Gasteiger partial charge in [0.1, 0.15) is 17.1 Å². The highest BCUT2D eigenvalue weighted by atomic mass is 16.5. The number of rotatable bonds is 3. The molecule has 26 heavy (non-hydrogen) atoms. The average Bonchev–Trinajstić information content (AvgIpc) is 3.11. The molecule has 0 radical (unpaired) electrons. The summed E-state index contributed by atoms with van der Waals surface area (Å²) in [6.07, 6.45) is 5.89. The second-order valence-corrected chi connectivity index (χ2v) is 8.16. The van der Waals surface area contributed by atoms with E-state index in [0.717, 1.165) is 34.2 Å². The number of phenols is 1. The van der Waals surface area contributed by atoms with Crippen molar-refractivity contribution in [3.63, 3.8) is 0 Å². The molecule has 5 nitrogen and oxygen atoms in total. The van der Waals surface area contributed by atoms with E-state index in [1.807, 2.05) is 12.3 Å². The number of ether oxygens (including phenoxy) is 1. The van der Waals surface area contributed by atoms with E-state index < -0.39 is 0 Å². The van der Waals surface area contributed by atoms with Crippen LogP contribution in [-0.4, -0.2) is 28.1 Å². The summed E-state index contributed by atoms with van der Waals surface area (Å²) in [4.78, 5) is 14.3. The minimum atomic E-state index is -0.279. The van der Waals surface area contributed by atoms with Gasteiger partial charge in [-0.25, -0.2) is 0 Å². The fraction of sp³-hybridized carbons (Fsp3) is 0.476. The van der Waals surface area contributed by atoms with Gasteiger partial charge >= 0.3 is 0 Å². The summed E-state index contributed by atoms with van der Waals surface area (Å²) in [5, 5.41) is 14.8. The maximum atomic E-state index is 11.1. The Morgan fingerprint density at radius 3 is 2.96 bits per heavy atom. The highest BCUT2D eigenvalue weighted by Crippen LogP contribution is 2.56. The summed E-state index contributed by atoms with van der Waals surface area (Å²) < 4.78 is 6.36. The zero-order valence-corrected chi connectivity index (χ0v) is 15.8. The first kappa shape index (κ1) is 17.0. The Morgan fingerprint density at radius 1 is 1.46 bits per heavy atom. The smallest absolute Gasteiger partial charge is 0.216 e. The van der Waals surface area contributed by atoms with Crippen LogP contribution >= 0.6 is 0 Å². The lowest BCUT2D eigenvalue weighted by Crippen LogP contribution is -2.42. The Kier molecular flexibility index (Phi) is 3.79. The number of carbonyl (C=O) groups is 1. The van der Waals surface area contributed by atoms with Gasteiger partial charge in [0.05, 0.1) is 5.52 Å². The van der Waals surface area contributed by atoms with E-state index in [1.54, 1.807) is 0 Å². The van der Waals surface area contributed by atoms with Crippen molar-refractivity contribution in [1.82, 2.24) is 10.3 Å². The summed E-state index contributed by atoms with van der Waals surface area (Å²) in [6, 6.07) is 2.05. The molecular weight excluding hydrogens is 328 g/mol. The molecule has 0 fully saturated rings. The fourth-order valence-corrected chi connectivity index (χ4v) is 4.57. The number of amides is 1. The van der Waals surface area contributed by atoms with Crippen LogP contribution in [-0.2, 0) is 11.2 Å². The van der Waals surface area contributed by atoms with Gasteiger partial charge in [0.25, 0.3) is 0 Å². The Morgan fingerprint density at radius 2 is 2.23 bits per heavy atom. The third kappa shape index (κ3) is 2.57. The number of allylic oxidation sites excluding steroid dienone is 2. The minimum Gasteiger partial charge on any atom is -0.505 e. The van der Waals surface area contributed by atoms with E-state index in [2.05, 4.69) is 37.1 Å². The van der Waals surface area contributed by atoms with Gasteiger partial charge in [0.15, 0.2) is 0 Å². The number of H-pyrrole nitrogens is 1. The van der Waals surface area contributed by atoms with Crippen LogP contribution in [0.25, 0.3) is 10.9 Å². The van der Waals surface area contributed by atoms with Gasteiger partial charge in [-0.15, -0.1) is 0 Å². The molecule has 1 amide bonds. The van der Waals surface area contributed by atoms with Crippen molar-refractivity contribution >= 4 is 16.8 Å². The van der Waals surface area contributed by atoms with Gasteiger partial charge in [-0.05, 0) is 45.2 Å². The number of fused-ring (bicyclic) bond motifs is 4. The normalized spacial score (nSPS) is 23.2. The van der Waals surface area contributed by atoms with Crippen LogP contribution in [0.5, 0.6) is 11.5 Å². The van der Waals surface area contributed by atoms with Crippen molar-refractivity contribution in [2.24, 2.45) is 5.92 Å². The van der Waals surface area contributed by atoms with Crippen LogP contribution in [0.15, 0.2) is 23.9 Å². The van der Waals surface area contributed by atoms with E-state index in [4.69, 9.17) is 4.74 Å². The zero-order chi connectivity index (χ0) is 18.6. The molecule has 1 aliphatic carbocycles. The number of aromatic hydroxyl groups is 1. The van der Waals surface area contributed by atoms with E-state index in [0.29, 0.717) is 24.6 Å². The molecule has 2 unspecified atom stereocenters. The van der Waals surface area contributed by atoms with Crippen molar-refractivity contribution in [2.45, 2.75) is 52.1 Å². The second-order valence-electron chi connectivity index (χ2n) is 8.16. The van der Waals surface area contributed by atoms with Gasteiger partial charge < -0.3 is 20.1 Å². The first-order chi connectivity index (χ1) is 12.3. The monoisotopic (exact) mass is 354 g/mol. The molecule has 5 heteroatoms. The molecule has 1 aromatic carbocycles. The summed E-state index contributed by atoms with van der Waals surface area (Å²) in [5.41, 5.74) is 3.79. The second kappa shape index (κ2) is 5.79. The number of benzene rings is 1. The number of phenolic OH excluding ortho intramolecular Hbond substituents is 1. The Bertz CT molecular complexity index is 923. The number of hydrogen-bond donors (Lipinski definition) is 3. The van der Waals surface area contributed by atoms with Crippen molar-refractivity contribution < 1.29 is 14.6 Å². The molecule has 2 atom stereocenters. The summed E-state index contributed by atoms with van der Waals surface area (Å²) in [5.74, 6) is 1.55. The van der Waals surface area contributed by atoms with Gasteiger partial charge in [0, 0.05) is 42.5 Å². The van der Waals surface area contributed by atoms with E-state index in [-0.39, 0.29) is 17.4 Å². The molecule has 2 heterocycles. The molecular formula is C21H26N2O3. The molecule has 2 aromatic rings. The lowest BCUT2D eigenvalue weighted by Gasteiger charge is -2.42. The molecule has 1 aromatic heterocycles. The predicted octanol–water partition coefficient (Wildman–Crippen LogP) is 3.77. The molecule has 0 spiro atoms.